The molecule has 0 radical (unpaired) electrons. The smallest absolute Gasteiger partial charge is 0.369 e. The highest BCUT2D eigenvalue weighted by atomic mass is 28.4. The molecule has 0 aromatic carbocycles. The quantitative estimate of drug-likeness (QED) is 0.579. The molecule has 0 aromatic rings. The zero-order valence-corrected chi connectivity index (χ0v) is 15.9. The van der Waals surface area contributed by atoms with Crippen LogP contribution in [0.3, 0.4) is 0 Å². The SMILES string of the molecule is CCC=C[Si](OC)(OC)C(C)[Si](C=CCC)(OC)OC. The van der Waals surface area contributed by atoms with Gasteiger partial charge < -0.3 is 17.7 Å². The van der Waals surface area contributed by atoms with Gasteiger partial charge in [0.15, 0.2) is 0 Å². The highest BCUT2D eigenvalue weighted by Gasteiger charge is 2.54. The van der Waals surface area contributed by atoms with Crippen molar-refractivity contribution in [1.29, 1.82) is 0 Å². The predicted molar refractivity (Wildman–Crippen MR) is 87.8 cm³/mol. The number of hydrogen-bond acceptors (Lipinski definition) is 4. The van der Waals surface area contributed by atoms with E-state index in [1.165, 1.54) is 0 Å². The van der Waals surface area contributed by atoms with Crippen LogP contribution in [0.15, 0.2) is 23.6 Å². The Morgan fingerprint density at radius 3 is 1.25 bits per heavy atom. The van der Waals surface area contributed by atoms with Gasteiger partial charge in [-0.15, -0.1) is 0 Å². The van der Waals surface area contributed by atoms with Crippen LogP contribution in [0.1, 0.15) is 33.6 Å². The van der Waals surface area contributed by atoms with Crippen LogP contribution in [0.4, 0.5) is 0 Å². The highest BCUT2D eigenvalue weighted by molar-refractivity contribution is 6.92. The zero-order valence-electron chi connectivity index (χ0n) is 13.9. The van der Waals surface area contributed by atoms with Crippen LogP contribution in [0.2, 0.25) is 5.16 Å². The molecule has 0 aliphatic heterocycles. The Morgan fingerprint density at radius 2 is 1.05 bits per heavy atom. The van der Waals surface area contributed by atoms with Crippen LogP contribution in [0, 0.1) is 0 Å². The Labute approximate surface area is 126 Å². The van der Waals surface area contributed by atoms with E-state index < -0.39 is 17.1 Å². The number of rotatable bonds is 10. The molecule has 4 nitrogen and oxygen atoms in total. The first kappa shape index (κ1) is 19.8. The maximum absolute atomic E-state index is 5.81. The average Bonchev–Trinajstić information content (AvgIpc) is 2.50. The molecular formula is C14H30O4Si2. The van der Waals surface area contributed by atoms with E-state index in [2.05, 4.69) is 44.3 Å². The molecule has 0 unspecified atom stereocenters. The minimum atomic E-state index is -2.52. The minimum absolute atomic E-state index is 0.0746. The molecule has 0 amide bonds. The molecule has 0 heterocycles. The molecule has 0 saturated carbocycles. The van der Waals surface area contributed by atoms with Crippen molar-refractivity contribution in [2.45, 2.75) is 38.8 Å². The molecule has 0 aromatic heterocycles. The van der Waals surface area contributed by atoms with Gasteiger partial charge in [0.05, 0.1) is 5.16 Å². The van der Waals surface area contributed by atoms with E-state index >= 15 is 0 Å². The van der Waals surface area contributed by atoms with Gasteiger partial charge in [-0.25, -0.2) is 0 Å². The Kier molecular flexibility index (Phi) is 9.53. The maximum atomic E-state index is 5.81. The van der Waals surface area contributed by atoms with E-state index in [0.29, 0.717) is 0 Å². The lowest BCUT2D eigenvalue weighted by Crippen LogP contribution is -2.57. The van der Waals surface area contributed by atoms with Gasteiger partial charge in [-0.05, 0) is 24.2 Å². The molecule has 0 atom stereocenters. The van der Waals surface area contributed by atoms with Gasteiger partial charge in [-0.1, -0.05) is 32.9 Å². The number of hydrogen-bond donors (Lipinski definition) is 0. The fourth-order valence-corrected chi connectivity index (χ4v) is 10.5. The van der Waals surface area contributed by atoms with Crippen LogP contribution >= 0.6 is 0 Å². The van der Waals surface area contributed by atoms with E-state index in [1.54, 1.807) is 28.4 Å². The van der Waals surface area contributed by atoms with Gasteiger partial charge in [0.25, 0.3) is 0 Å². The van der Waals surface area contributed by atoms with Crippen molar-refractivity contribution in [3.8, 4) is 0 Å². The summed E-state index contributed by atoms with van der Waals surface area (Å²) >= 11 is 0. The molecule has 0 fully saturated rings. The summed E-state index contributed by atoms with van der Waals surface area (Å²) in [6, 6.07) is 0. The maximum Gasteiger partial charge on any atom is 0.369 e. The van der Waals surface area contributed by atoms with Crippen LogP contribution in [0.25, 0.3) is 0 Å². The van der Waals surface area contributed by atoms with Crippen molar-refractivity contribution in [3.05, 3.63) is 23.6 Å². The molecule has 0 aliphatic rings. The summed E-state index contributed by atoms with van der Waals surface area (Å²) in [5.41, 5.74) is 4.19. The van der Waals surface area contributed by atoms with Crippen molar-refractivity contribution in [1.82, 2.24) is 0 Å². The van der Waals surface area contributed by atoms with Crippen LogP contribution in [-0.2, 0) is 17.7 Å². The fraction of sp³-hybridized carbons (Fsp3) is 0.714. The molecule has 0 N–H and O–H groups in total. The van der Waals surface area contributed by atoms with Crippen LogP contribution < -0.4 is 0 Å². The van der Waals surface area contributed by atoms with Crippen LogP contribution in [-0.4, -0.2) is 45.6 Å². The molecule has 0 saturated heterocycles. The Hall–Kier alpha value is -0.246. The summed E-state index contributed by atoms with van der Waals surface area (Å²) in [4.78, 5) is 0. The Bertz CT molecular complexity index is 280. The van der Waals surface area contributed by atoms with Crippen molar-refractivity contribution >= 4 is 17.1 Å². The highest BCUT2D eigenvalue weighted by Crippen LogP contribution is 2.35. The second-order valence-electron chi connectivity index (χ2n) is 4.60. The van der Waals surface area contributed by atoms with Gasteiger partial charge in [-0.2, -0.15) is 0 Å². The molecular weight excluding hydrogens is 288 g/mol. The van der Waals surface area contributed by atoms with Gasteiger partial charge in [0.2, 0.25) is 0 Å². The second-order valence-corrected chi connectivity index (χ2v) is 12.1. The molecule has 6 heteroatoms. The van der Waals surface area contributed by atoms with E-state index in [1.807, 2.05) is 0 Å². The van der Waals surface area contributed by atoms with E-state index in [4.69, 9.17) is 17.7 Å². The molecule has 0 bridgehead atoms. The lowest BCUT2D eigenvalue weighted by Gasteiger charge is -2.38. The van der Waals surface area contributed by atoms with E-state index in [0.717, 1.165) is 12.8 Å². The minimum Gasteiger partial charge on any atom is -0.395 e. The zero-order chi connectivity index (χ0) is 15.6. The monoisotopic (exact) mass is 318 g/mol. The van der Waals surface area contributed by atoms with Crippen molar-refractivity contribution < 1.29 is 17.7 Å². The molecule has 0 spiro atoms. The van der Waals surface area contributed by atoms with Gasteiger partial charge in [0, 0.05) is 28.4 Å². The topological polar surface area (TPSA) is 36.9 Å². The van der Waals surface area contributed by atoms with Gasteiger partial charge in [0.1, 0.15) is 0 Å². The molecule has 20 heavy (non-hydrogen) atoms. The lowest BCUT2D eigenvalue weighted by molar-refractivity contribution is 0.219. The van der Waals surface area contributed by atoms with Crippen molar-refractivity contribution in [3.63, 3.8) is 0 Å². The number of allylic oxidation sites excluding steroid dienone is 2. The third-order valence-electron chi connectivity index (χ3n) is 3.65. The predicted octanol–water partition coefficient (Wildman–Crippen LogP) is 3.40. The molecule has 0 aliphatic carbocycles. The first-order chi connectivity index (χ1) is 9.52. The van der Waals surface area contributed by atoms with E-state index in [-0.39, 0.29) is 5.16 Å². The Morgan fingerprint density at radius 1 is 0.750 bits per heavy atom. The lowest BCUT2D eigenvalue weighted by atomic mass is 10.5. The van der Waals surface area contributed by atoms with Gasteiger partial charge in [-0.3, -0.25) is 0 Å². The normalized spacial score (nSPS) is 15.3. The van der Waals surface area contributed by atoms with Crippen LogP contribution in [0.5, 0.6) is 0 Å². The summed E-state index contributed by atoms with van der Waals surface area (Å²) < 4.78 is 23.2. The fourth-order valence-electron chi connectivity index (χ4n) is 2.28. The first-order valence-electron chi connectivity index (χ1n) is 7.08. The summed E-state index contributed by atoms with van der Waals surface area (Å²) in [5, 5.41) is 0.0746. The average molecular weight is 319 g/mol. The van der Waals surface area contributed by atoms with Crippen molar-refractivity contribution in [2.75, 3.05) is 28.4 Å². The summed E-state index contributed by atoms with van der Waals surface area (Å²) in [6.07, 6.45) is 6.11. The third-order valence-corrected chi connectivity index (χ3v) is 12.4. The van der Waals surface area contributed by atoms with Gasteiger partial charge >= 0.3 is 17.1 Å². The molecule has 0 rings (SSSR count). The Balaban J connectivity index is 5.62. The summed E-state index contributed by atoms with van der Waals surface area (Å²) in [6.45, 7) is 6.30. The standard InChI is InChI=1S/C14H30O4Si2/c1-8-10-12-19(15-4,16-5)14(3)20(17-6,18-7)13-11-9-2/h10-14H,8-9H2,1-7H3. The van der Waals surface area contributed by atoms with E-state index in [9.17, 15) is 0 Å². The second kappa shape index (κ2) is 9.65. The summed E-state index contributed by atoms with van der Waals surface area (Å²) in [5.74, 6) is 0. The third kappa shape index (κ3) is 4.37. The first-order valence-corrected chi connectivity index (χ1v) is 11.0. The van der Waals surface area contributed by atoms with Crippen molar-refractivity contribution in [2.24, 2.45) is 0 Å². The largest absolute Gasteiger partial charge is 0.395 e. The summed E-state index contributed by atoms with van der Waals surface area (Å²) in [7, 11) is 1.80. The molecule has 118 valence electrons.